The minimum atomic E-state index is -0.143. The van der Waals surface area contributed by atoms with E-state index in [2.05, 4.69) is 25.2 Å². The van der Waals surface area contributed by atoms with E-state index in [1.165, 1.54) is 11.1 Å². The van der Waals surface area contributed by atoms with Crippen molar-refractivity contribution >= 4 is 5.69 Å². The van der Waals surface area contributed by atoms with Crippen LogP contribution < -0.4 is 15.6 Å². The molecule has 0 fully saturated rings. The molecule has 1 aromatic carbocycles. The number of aromatic nitrogens is 2. The number of nitrogens with zero attached hydrogens (tertiary/aromatic N) is 2. The van der Waals surface area contributed by atoms with Crippen molar-refractivity contribution in [2.45, 2.75) is 59.5 Å². The smallest absolute Gasteiger partial charge is 0.277 e. The number of aryl methyl sites for hydroxylation is 3. The third kappa shape index (κ3) is 5.66. The zero-order chi connectivity index (χ0) is 23.0. The molecule has 0 saturated heterocycles. The molecule has 0 unspecified atom stereocenters. The van der Waals surface area contributed by atoms with Gasteiger partial charge >= 0.3 is 0 Å². The summed E-state index contributed by atoms with van der Waals surface area (Å²) in [7, 11) is 4.92. The Labute approximate surface area is 185 Å². The lowest BCUT2D eigenvalue weighted by atomic mass is 9.99. The third-order valence-corrected chi connectivity index (χ3v) is 5.40. The second-order valence-electron chi connectivity index (χ2n) is 7.64. The number of nitrogens with one attached hydrogen (secondary N) is 1. The first-order valence-electron chi connectivity index (χ1n) is 11.0. The maximum atomic E-state index is 13.5. The molecule has 0 aliphatic carbocycles. The summed E-state index contributed by atoms with van der Waals surface area (Å²) < 4.78 is 18.0. The van der Waals surface area contributed by atoms with Crippen LogP contribution in [0.1, 0.15) is 44.0 Å². The quantitative estimate of drug-likeness (QED) is 0.550. The number of benzene rings is 1. The highest BCUT2D eigenvalue weighted by Gasteiger charge is 2.21. The Morgan fingerprint density at radius 3 is 2.29 bits per heavy atom. The summed E-state index contributed by atoms with van der Waals surface area (Å²) in [5.41, 5.74) is 4.41. The zero-order valence-electron chi connectivity index (χ0n) is 20.0. The predicted octanol–water partition coefficient (Wildman–Crippen LogP) is 3.84. The lowest BCUT2D eigenvalue weighted by molar-refractivity contribution is 0.126. The zero-order valence-corrected chi connectivity index (χ0v) is 20.0. The highest BCUT2D eigenvalue weighted by Crippen LogP contribution is 2.33. The molecule has 0 bridgehead atoms. The van der Waals surface area contributed by atoms with Gasteiger partial charge in [-0.3, -0.25) is 9.36 Å². The van der Waals surface area contributed by atoms with E-state index in [0.29, 0.717) is 37.7 Å². The van der Waals surface area contributed by atoms with E-state index >= 15 is 0 Å². The van der Waals surface area contributed by atoms with Crippen LogP contribution in [0, 0.1) is 6.92 Å². The summed E-state index contributed by atoms with van der Waals surface area (Å²) in [4.78, 5) is 18.5. The third-order valence-electron chi connectivity index (χ3n) is 5.40. The summed E-state index contributed by atoms with van der Waals surface area (Å²) in [5.74, 6) is 1.37. The molecule has 2 aromatic rings. The molecular weight excluding hydrogens is 394 g/mol. The van der Waals surface area contributed by atoms with Crippen LogP contribution in [0.5, 0.6) is 5.75 Å². The molecule has 0 radical (unpaired) electrons. The SMILES string of the molecule is CCCc1cc(-c2nc(CC)c(NC(COC)COC)c(=O)n2CC)c(OC)cc1C. The molecule has 0 spiro atoms. The standard InChI is InChI=1S/C24H37N3O4/c1-8-11-17-13-19(21(31-7)12-16(17)4)23-26-20(9-2)22(24(28)27(23)10-3)25-18(14-29-5)15-30-6/h12-13,18,25H,8-11,14-15H2,1-7H3. The molecule has 1 aromatic heterocycles. The highest BCUT2D eigenvalue weighted by molar-refractivity contribution is 5.68. The Hall–Kier alpha value is -2.38. The van der Waals surface area contributed by atoms with Crippen LogP contribution in [-0.4, -0.2) is 50.1 Å². The van der Waals surface area contributed by atoms with Crippen molar-refractivity contribution in [1.82, 2.24) is 9.55 Å². The number of anilines is 1. The Kier molecular flexibility index (Phi) is 9.52. The van der Waals surface area contributed by atoms with Gasteiger partial charge in [0.05, 0.1) is 37.6 Å². The maximum Gasteiger partial charge on any atom is 0.277 e. The van der Waals surface area contributed by atoms with Crippen LogP contribution in [0.4, 0.5) is 5.69 Å². The number of methoxy groups -OCH3 is 3. The Morgan fingerprint density at radius 2 is 1.77 bits per heavy atom. The Morgan fingerprint density at radius 1 is 1.10 bits per heavy atom. The fraction of sp³-hybridized carbons (Fsp3) is 0.583. The van der Waals surface area contributed by atoms with Gasteiger partial charge < -0.3 is 19.5 Å². The maximum absolute atomic E-state index is 13.5. The molecule has 172 valence electrons. The summed E-state index contributed by atoms with van der Waals surface area (Å²) in [6, 6.07) is 4.02. The number of hydrogen-bond donors (Lipinski definition) is 1. The van der Waals surface area contributed by atoms with Gasteiger partial charge in [0.25, 0.3) is 5.56 Å². The van der Waals surface area contributed by atoms with Gasteiger partial charge in [-0.2, -0.15) is 0 Å². The van der Waals surface area contributed by atoms with Crippen LogP contribution >= 0.6 is 0 Å². The number of rotatable bonds is 12. The van der Waals surface area contributed by atoms with E-state index in [1.807, 2.05) is 19.9 Å². The van der Waals surface area contributed by atoms with Gasteiger partial charge in [0.15, 0.2) is 0 Å². The fourth-order valence-corrected chi connectivity index (χ4v) is 3.85. The van der Waals surface area contributed by atoms with Gasteiger partial charge in [-0.15, -0.1) is 0 Å². The number of hydrogen-bond acceptors (Lipinski definition) is 6. The average molecular weight is 432 g/mol. The van der Waals surface area contributed by atoms with Crippen LogP contribution in [0.25, 0.3) is 11.4 Å². The van der Waals surface area contributed by atoms with E-state index in [0.717, 1.165) is 29.8 Å². The first-order chi connectivity index (χ1) is 14.9. The summed E-state index contributed by atoms with van der Waals surface area (Å²) in [5, 5.41) is 3.31. The molecule has 1 N–H and O–H groups in total. The van der Waals surface area contributed by atoms with Gasteiger partial charge in [-0.1, -0.05) is 20.3 Å². The van der Waals surface area contributed by atoms with Crippen LogP contribution in [0.15, 0.2) is 16.9 Å². The van der Waals surface area contributed by atoms with Crippen LogP contribution in [-0.2, 0) is 28.9 Å². The van der Waals surface area contributed by atoms with Crippen molar-refractivity contribution in [3.05, 3.63) is 39.3 Å². The summed E-state index contributed by atoms with van der Waals surface area (Å²) in [6.45, 7) is 9.57. The molecule has 0 saturated carbocycles. The van der Waals surface area contributed by atoms with Crippen molar-refractivity contribution in [1.29, 1.82) is 0 Å². The lowest BCUT2D eigenvalue weighted by Crippen LogP contribution is -2.35. The van der Waals surface area contributed by atoms with Crippen LogP contribution in [0.2, 0.25) is 0 Å². The van der Waals surface area contributed by atoms with Gasteiger partial charge in [-0.25, -0.2) is 4.98 Å². The monoisotopic (exact) mass is 431 g/mol. The molecule has 7 heteroatoms. The molecule has 0 atom stereocenters. The van der Waals surface area contributed by atoms with Gasteiger partial charge in [-0.05, 0) is 49.9 Å². The minimum Gasteiger partial charge on any atom is -0.496 e. The Bertz CT molecular complexity index is 918. The average Bonchev–Trinajstić information content (AvgIpc) is 2.76. The molecule has 0 aliphatic rings. The molecule has 1 heterocycles. The largest absolute Gasteiger partial charge is 0.496 e. The minimum absolute atomic E-state index is 0.0961. The first kappa shape index (κ1) is 24.9. The predicted molar refractivity (Wildman–Crippen MR) is 125 cm³/mol. The van der Waals surface area contributed by atoms with E-state index in [-0.39, 0.29) is 11.6 Å². The molecular formula is C24H37N3O4. The second-order valence-corrected chi connectivity index (χ2v) is 7.64. The lowest BCUT2D eigenvalue weighted by Gasteiger charge is -2.22. The molecule has 0 aliphatic heterocycles. The van der Waals surface area contributed by atoms with Gasteiger partial charge in [0.2, 0.25) is 0 Å². The van der Waals surface area contributed by atoms with Crippen LogP contribution in [0.3, 0.4) is 0 Å². The van der Waals surface area contributed by atoms with Crippen molar-refractivity contribution in [3.8, 4) is 17.1 Å². The second kappa shape index (κ2) is 11.9. The first-order valence-corrected chi connectivity index (χ1v) is 11.0. The van der Waals surface area contributed by atoms with Crippen molar-refractivity contribution < 1.29 is 14.2 Å². The van der Waals surface area contributed by atoms with Gasteiger partial charge in [0, 0.05) is 20.8 Å². The van der Waals surface area contributed by atoms with E-state index in [9.17, 15) is 4.79 Å². The highest BCUT2D eigenvalue weighted by atomic mass is 16.5. The van der Waals surface area contributed by atoms with E-state index in [4.69, 9.17) is 19.2 Å². The van der Waals surface area contributed by atoms with Crippen molar-refractivity contribution in [3.63, 3.8) is 0 Å². The normalized spacial score (nSPS) is 11.2. The molecule has 31 heavy (non-hydrogen) atoms. The van der Waals surface area contributed by atoms with Gasteiger partial charge in [0.1, 0.15) is 17.3 Å². The summed E-state index contributed by atoms with van der Waals surface area (Å²) in [6.07, 6.45) is 2.64. The molecule has 7 nitrogen and oxygen atoms in total. The summed E-state index contributed by atoms with van der Waals surface area (Å²) >= 11 is 0. The molecule has 2 rings (SSSR count). The van der Waals surface area contributed by atoms with E-state index in [1.54, 1.807) is 25.9 Å². The Balaban J connectivity index is 2.70. The van der Waals surface area contributed by atoms with Crippen molar-refractivity contribution in [2.75, 3.05) is 39.9 Å². The fourth-order valence-electron chi connectivity index (χ4n) is 3.85. The van der Waals surface area contributed by atoms with E-state index < -0.39 is 0 Å². The van der Waals surface area contributed by atoms with Crippen molar-refractivity contribution in [2.24, 2.45) is 0 Å². The molecule has 0 amide bonds. The number of ether oxygens (including phenoxy) is 3. The topological polar surface area (TPSA) is 74.6 Å².